The Balaban J connectivity index is 2.23. The molecule has 0 aliphatic heterocycles. The van der Waals surface area contributed by atoms with Crippen LogP contribution in [0.5, 0.6) is 0 Å². The molecule has 0 fully saturated rings. The highest BCUT2D eigenvalue weighted by Gasteiger charge is 2.12. The second-order valence-electron chi connectivity index (χ2n) is 4.63. The van der Waals surface area contributed by atoms with Crippen LogP contribution in [0.1, 0.15) is 19.3 Å². The largest absolute Gasteiger partial charge is 0.468 e. The van der Waals surface area contributed by atoms with Crippen LogP contribution in [-0.2, 0) is 14.3 Å². The molecule has 0 bridgehead atoms. The van der Waals surface area contributed by atoms with Gasteiger partial charge in [0, 0.05) is 12.1 Å². The number of methoxy groups -OCH3 is 1. The Hall–Kier alpha value is -2.14. The van der Waals surface area contributed by atoms with Crippen LogP contribution in [0, 0.1) is 0 Å². The van der Waals surface area contributed by atoms with Crippen molar-refractivity contribution in [1.82, 2.24) is 5.32 Å². The van der Waals surface area contributed by atoms with E-state index in [1.54, 1.807) is 12.2 Å². The van der Waals surface area contributed by atoms with Gasteiger partial charge in [0.15, 0.2) is 0 Å². The average molecular weight is 290 g/mol. The van der Waals surface area contributed by atoms with Crippen LogP contribution in [0.25, 0.3) is 0 Å². The number of carbonyl (C=O) groups is 2. The molecule has 114 valence electrons. The molecule has 1 unspecified atom stereocenters. The minimum absolute atomic E-state index is 0.108. The van der Waals surface area contributed by atoms with Crippen LogP contribution in [0.3, 0.4) is 0 Å². The van der Waals surface area contributed by atoms with Crippen molar-refractivity contribution in [3.63, 3.8) is 0 Å². The first-order valence-electron chi connectivity index (χ1n) is 6.98. The summed E-state index contributed by atoms with van der Waals surface area (Å²) in [4.78, 5) is 23.0. The summed E-state index contributed by atoms with van der Waals surface area (Å²) in [6, 6.07) is -0.584. The summed E-state index contributed by atoms with van der Waals surface area (Å²) in [5, 5.41) is 2.84. The van der Waals surface area contributed by atoms with E-state index < -0.39 is 12.0 Å². The normalized spacial score (nSPS) is 21.9. The molecular formula is C16H22N2O3. The van der Waals surface area contributed by atoms with Gasteiger partial charge in [-0.1, -0.05) is 30.4 Å². The molecule has 0 aromatic rings. The highest BCUT2D eigenvalue weighted by molar-refractivity contribution is 5.96. The number of hydrogen-bond acceptors (Lipinski definition) is 4. The van der Waals surface area contributed by atoms with Crippen molar-refractivity contribution < 1.29 is 14.3 Å². The third kappa shape index (κ3) is 6.72. The SMILES string of the molecule is COC(=O)C(N)CCCCNC(=O)C1=C/C=C\C=C/C=C\1. The molecule has 1 amide bonds. The standard InChI is InChI=1S/C16H22N2O3/c1-21-16(20)14(17)11-7-8-12-18-15(19)13-9-5-3-2-4-6-10-13/h2-6,9-10,14H,7-8,11-12,17H2,1H3,(H,18,19)/b3-2-,4-2?,5-3?,6-4-,9-5-,10-6?,13-9?,13-10+. The number of carbonyl (C=O) groups excluding carboxylic acids is 2. The lowest BCUT2D eigenvalue weighted by molar-refractivity contribution is -0.142. The third-order valence-corrected chi connectivity index (χ3v) is 2.99. The van der Waals surface area contributed by atoms with E-state index in [9.17, 15) is 9.59 Å². The fourth-order valence-electron chi connectivity index (χ4n) is 1.78. The summed E-state index contributed by atoms with van der Waals surface area (Å²) in [5.41, 5.74) is 6.24. The molecule has 1 aliphatic rings. The predicted molar refractivity (Wildman–Crippen MR) is 82.4 cm³/mol. The zero-order valence-electron chi connectivity index (χ0n) is 12.2. The molecule has 0 saturated heterocycles. The maximum atomic E-state index is 11.9. The van der Waals surface area contributed by atoms with Gasteiger partial charge in [-0.05, 0) is 31.4 Å². The van der Waals surface area contributed by atoms with Crippen LogP contribution >= 0.6 is 0 Å². The first-order valence-corrected chi connectivity index (χ1v) is 6.98. The quantitative estimate of drug-likeness (QED) is 0.548. The van der Waals surface area contributed by atoms with Crippen LogP contribution in [0.15, 0.2) is 48.1 Å². The van der Waals surface area contributed by atoms with E-state index in [0.717, 1.165) is 12.8 Å². The summed E-state index contributed by atoms with van der Waals surface area (Å²) in [6.07, 6.45) is 14.9. The fourth-order valence-corrected chi connectivity index (χ4v) is 1.78. The Labute approximate surface area is 125 Å². The predicted octanol–water partition coefficient (Wildman–Crippen LogP) is 1.38. The highest BCUT2D eigenvalue weighted by Crippen LogP contribution is 2.03. The lowest BCUT2D eigenvalue weighted by atomic mass is 10.1. The Bertz CT molecular complexity index is 476. The second-order valence-corrected chi connectivity index (χ2v) is 4.63. The molecule has 0 heterocycles. The lowest BCUT2D eigenvalue weighted by Crippen LogP contribution is -2.31. The molecule has 0 radical (unpaired) electrons. The van der Waals surface area contributed by atoms with Crippen molar-refractivity contribution in [3.8, 4) is 0 Å². The monoisotopic (exact) mass is 290 g/mol. The summed E-state index contributed by atoms with van der Waals surface area (Å²) in [7, 11) is 1.32. The van der Waals surface area contributed by atoms with E-state index in [0.29, 0.717) is 18.5 Å². The molecule has 3 N–H and O–H groups in total. The smallest absolute Gasteiger partial charge is 0.322 e. The third-order valence-electron chi connectivity index (χ3n) is 2.99. The average Bonchev–Trinajstić information content (AvgIpc) is 2.45. The van der Waals surface area contributed by atoms with Crippen molar-refractivity contribution in [3.05, 3.63) is 48.1 Å². The number of nitrogens with two attached hydrogens (primary N) is 1. The number of unbranched alkanes of at least 4 members (excludes halogenated alkanes) is 1. The molecule has 1 atom stereocenters. The molecular weight excluding hydrogens is 268 g/mol. The number of nitrogens with one attached hydrogen (secondary N) is 1. The Morgan fingerprint density at radius 2 is 1.90 bits per heavy atom. The summed E-state index contributed by atoms with van der Waals surface area (Å²) < 4.78 is 4.55. The maximum absolute atomic E-state index is 11.9. The van der Waals surface area contributed by atoms with Gasteiger partial charge < -0.3 is 15.8 Å². The second kappa shape index (κ2) is 9.72. The Morgan fingerprint density at radius 1 is 1.19 bits per heavy atom. The molecule has 21 heavy (non-hydrogen) atoms. The fraction of sp³-hybridized carbons (Fsp3) is 0.375. The van der Waals surface area contributed by atoms with Crippen molar-refractivity contribution in [2.24, 2.45) is 5.73 Å². The first-order chi connectivity index (χ1) is 10.1. The first kappa shape index (κ1) is 16.9. The Kier molecular flexibility index (Phi) is 7.82. The van der Waals surface area contributed by atoms with Crippen molar-refractivity contribution in [1.29, 1.82) is 0 Å². The van der Waals surface area contributed by atoms with Crippen molar-refractivity contribution in [2.45, 2.75) is 25.3 Å². The van der Waals surface area contributed by atoms with Gasteiger partial charge in [-0.15, -0.1) is 0 Å². The number of ether oxygens (including phenoxy) is 1. The summed E-state index contributed by atoms with van der Waals surface area (Å²) in [5.74, 6) is -0.507. The van der Waals surface area contributed by atoms with Gasteiger partial charge in [0.1, 0.15) is 6.04 Å². The van der Waals surface area contributed by atoms with E-state index in [1.807, 2.05) is 30.4 Å². The zero-order chi connectivity index (χ0) is 15.5. The molecule has 1 aliphatic carbocycles. The molecule has 0 saturated carbocycles. The van der Waals surface area contributed by atoms with Crippen LogP contribution < -0.4 is 11.1 Å². The maximum Gasteiger partial charge on any atom is 0.322 e. The lowest BCUT2D eigenvalue weighted by Gasteiger charge is -2.09. The zero-order valence-corrected chi connectivity index (χ0v) is 12.2. The van der Waals surface area contributed by atoms with Gasteiger partial charge >= 0.3 is 5.97 Å². The van der Waals surface area contributed by atoms with Gasteiger partial charge in [0.05, 0.1) is 7.11 Å². The number of amides is 1. The minimum Gasteiger partial charge on any atom is -0.468 e. The van der Waals surface area contributed by atoms with Crippen LogP contribution in [0.2, 0.25) is 0 Å². The molecule has 0 aromatic carbocycles. The molecule has 0 aromatic heterocycles. The van der Waals surface area contributed by atoms with Crippen molar-refractivity contribution in [2.75, 3.05) is 13.7 Å². The highest BCUT2D eigenvalue weighted by atomic mass is 16.5. The molecule has 5 nitrogen and oxygen atoms in total. The molecule has 5 heteroatoms. The van der Waals surface area contributed by atoms with Crippen molar-refractivity contribution >= 4 is 11.9 Å². The molecule has 0 spiro atoms. The number of rotatable bonds is 7. The van der Waals surface area contributed by atoms with Gasteiger partial charge in [0.25, 0.3) is 5.91 Å². The topological polar surface area (TPSA) is 81.4 Å². The van der Waals surface area contributed by atoms with Gasteiger partial charge in [-0.2, -0.15) is 0 Å². The van der Waals surface area contributed by atoms with Crippen LogP contribution in [-0.4, -0.2) is 31.6 Å². The summed E-state index contributed by atoms with van der Waals surface area (Å²) >= 11 is 0. The van der Waals surface area contributed by atoms with E-state index in [4.69, 9.17) is 5.73 Å². The number of hydrogen-bond donors (Lipinski definition) is 2. The number of esters is 1. The van der Waals surface area contributed by atoms with Crippen LogP contribution in [0.4, 0.5) is 0 Å². The van der Waals surface area contributed by atoms with E-state index >= 15 is 0 Å². The van der Waals surface area contributed by atoms with E-state index in [-0.39, 0.29) is 5.91 Å². The van der Waals surface area contributed by atoms with Gasteiger partial charge in [-0.3, -0.25) is 9.59 Å². The minimum atomic E-state index is -0.584. The van der Waals surface area contributed by atoms with E-state index in [1.165, 1.54) is 7.11 Å². The van der Waals surface area contributed by atoms with E-state index in [2.05, 4.69) is 10.1 Å². The van der Waals surface area contributed by atoms with Gasteiger partial charge in [0.2, 0.25) is 0 Å². The summed E-state index contributed by atoms with van der Waals surface area (Å²) in [6.45, 7) is 0.553. The Morgan fingerprint density at radius 3 is 2.67 bits per heavy atom. The van der Waals surface area contributed by atoms with Gasteiger partial charge in [-0.25, -0.2) is 0 Å². The number of allylic oxidation sites excluding steroid dienone is 6. The molecule has 1 rings (SSSR count).